The van der Waals surface area contributed by atoms with E-state index in [2.05, 4.69) is 5.32 Å². The van der Waals surface area contributed by atoms with Crippen molar-refractivity contribution >= 4 is 29.1 Å². The summed E-state index contributed by atoms with van der Waals surface area (Å²) in [7, 11) is 1.55. The number of carbonyl (C=O) groups excluding carboxylic acids is 2. The lowest BCUT2D eigenvalue weighted by atomic mass is 9.94. The van der Waals surface area contributed by atoms with E-state index in [1.165, 1.54) is 6.07 Å². The zero-order valence-corrected chi connectivity index (χ0v) is 27.1. The molecule has 46 heavy (non-hydrogen) atoms. The summed E-state index contributed by atoms with van der Waals surface area (Å²) < 4.78 is 32.9. The molecule has 1 aliphatic rings. The maximum absolute atomic E-state index is 14.3. The molecule has 7 nitrogen and oxygen atoms in total. The van der Waals surface area contributed by atoms with Gasteiger partial charge in [-0.25, -0.2) is 4.39 Å². The first-order valence-corrected chi connectivity index (χ1v) is 15.5. The van der Waals surface area contributed by atoms with Gasteiger partial charge in [0.1, 0.15) is 24.6 Å². The van der Waals surface area contributed by atoms with Gasteiger partial charge in [-0.05, 0) is 41.3 Å². The van der Waals surface area contributed by atoms with Crippen molar-refractivity contribution in [2.24, 2.45) is 5.41 Å². The van der Waals surface area contributed by atoms with E-state index in [1.54, 1.807) is 48.4 Å². The maximum Gasteiger partial charge on any atom is 0.256 e. The number of para-hydroxylation sites is 1. The minimum atomic E-state index is -1.17. The van der Waals surface area contributed by atoms with E-state index in [0.717, 1.165) is 5.56 Å². The predicted octanol–water partition coefficient (Wildman–Crippen LogP) is 7.64. The van der Waals surface area contributed by atoms with E-state index < -0.39 is 23.9 Å². The minimum absolute atomic E-state index is 0.0218. The molecule has 0 radical (unpaired) electrons. The molecule has 0 saturated heterocycles. The highest BCUT2D eigenvalue weighted by molar-refractivity contribution is 6.30. The average molecular weight is 645 g/mol. The highest BCUT2D eigenvalue weighted by atomic mass is 35.5. The van der Waals surface area contributed by atoms with Crippen molar-refractivity contribution in [3.05, 3.63) is 124 Å². The van der Waals surface area contributed by atoms with E-state index in [-0.39, 0.29) is 24.3 Å². The van der Waals surface area contributed by atoms with Crippen molar-refractivity contribution in [1.29, 1.82) is 0 Å². The van der Waals surface area contributed by atoms with Crippen molar-refractivity contribution in [1.82, 2.24) is 5.32 Å². The van der Waals surface area contributed by atoms with E-state index in [1.807, 2.05) is 69.3 Å². The molecule has 0 saturated carbocycles. The second-order valence-corrected chi connectivity index (χ2v) is 12.9. The van der Waals surface area contributed by atoms with Crippen LogP contribution in [0.15, 0.2) is 91.0 Å². The number of rotatable bonds is 10. The molecule has 1 N–H and O–H groups in total. The number of methoxy groups -OCH3 is 1. The number of anilines is 1. The largest absolute Gasteiger partial charge is 0.492 e. The van der Waals surface area contributed by atoms with Crippen LogP contribution in [0.5, 0.6) is 11.5 Å². The zero-order chi connectivity index (χ0) is 32.8. The van der Waals surface area contributed by atoms with Crippen LogP contribution in [0.3, 0.4) is 0 Å². The summed E-state index contributed by atoms with van der Waals surface area (Å²) in [6, 6.07) is 26.8. The summed E-state index contributed by atoms with van der Waals surface area (Å²) in [5, 5.41) is 3.21. The van der Waals surface area contributed by atoms with Crippen LogP contribution >= 0.6 is 11.6 Å². The van der Waals surface area contributed by atoms with Crippen molar-refractivity contribution in [3.63, 3.8) is 0 Å². The fourth-order valence-electron chi connectivity index (χ4n) is 5.47. The molecule has 0 fully saturated rings. The quantitative estimate of drug-likeness (QED) is 0.192. The zero-order valence-electron chi connectivity index (χ0n) is 26.4. The summed E-state index contributed by atoms with van der Waals surface area (Å²) in [5.41, 5.74) is 2.93. The highest BCUT2D eigenvalue weighted by Crippen LogP contribution is 2.45. The third-order valence-electron chi connectivity index (χ3n) is 7.57. The molecular formula is C37H38ClFN2O5. The van der Waals surface area contributed by atoms with Gasteiger partial charge in [-0.15, -0.1) is 0 Å². The molecule has 5 rings (SSSR count). The number of amides is 2. The molecule has 1 heterocycles. The van der Waals surface area contributed by atoms with Crippen LogP contribution in [0.2, 0.25) is 5.02 Å². The summed E-state index contributed by atoms with van der Waals surface area (Å²) in [5.74, 6) is -0.301. The van der Waals surface area contributed by atoms with Crippen LogP contribution in [0.1, 0.15) is 55.5 Å². The summed E-state index contributed by atoms with van der Waals surface area (Å²) in [6.07, 6.45) is -2.29. The van der Waals surface area contributed by atoms with E-state index in [0.29, 0.717) is 52.1 Å². The smallest absolute Gasteiger partial charge is 0.256 e. The van der Waals surface area contributed by atoms with E-state index in [4.69, 9.17) is 25.8 Å². The second-order valence-electron chi connectivity index (χ2n) is 12.4. The molecule has 4 aromatic rings. The molecule has 1 aliphatic heterocycles. The molecule has 9 heteroatoms. The lowest BCUT2D eigenvalue weighted by molar-refractivity contribution is -0.138. The van der Waals surface area contributed by atoms with Crippen LogP contribution in [-0.4, -0.2) is 31.6 Å². The number of nitrogens with zero attached hydrogens (tertiary/aromatic N) is 1. The Bertz CT molecular complexity index is 1690. The topological polar surface area (TPSA) is 77.1 Å². The number of hydrogen-bond acceptors (Lipinski definition) is 5. The third kappa shape index (κ3) is 7.87. The Hall–Kier alpha value is -4.40. The van der Waals surface area contributed by atoms with Crippen molar-refractivity contribution in [2.75, 3.05) is 18.6 Å². The Morgan fingerprint density at radius 1 is 0.978 bits per heavy atom. The van der Waals surface area contributed by atoms with Gasteiger partial charge in [-0.2, -0.15) is 0 Å². The van der Waals surface area contributed by atoms with Crippen molar-refractivity contribution < 1.29 is 28.2 Å². The van der Waals surface area contributed by atoms with Crippen LogP contribution < -0.4 is 19.7 Å². The van der Waals surface area contributed by atoms with Gasteiger partial charge in [0.05, 0.1) is 13.5 Å². The Morgan fingerprint density at radius 3 is 2.43 bits per heavy atom. The van der Waals surface area contributed by atoms with Gasteiger partial charge in [0.2, 0.25) is 5.91 Å². The van der Waals surface area contributed by atoms with Crippen LogP contribution in [0.4, 0.5) is 10.1 Å². The molecule has 0 aliphatic carbocycles. The first-order valence-electron chi connectivity index (χ1n) is 15.1. The van der Waals surface area contributed by atoms with Gasteiger partial charge >= 0.3 is 0 Å². The molecule has 2 amide bonds. The average Bonchev–Trinajstić information content (AvgIpc) is 3.13. The number of fused-ring (bicyclic) bond motifs is 1. The lowest BCUT2D eigenvalue weighted by Gasteiger charge is -2.31. The number of halogens is 2. The number of nitrogens with one attached hydrogen (secondary N) is 1. The Morgan fingerprint density at radius 2 is 1.72 bits per heavy atom. The first kappa shape index (κ1) is 33.0. The van der Waals surface area contributed by atoms with E-state index in [9.17, 15) is 14.0 Å². The van der Waals surface area contributed by atoms with Gasteiger partial charge in [0.25, 0.3) is 5.91 Å². The number of carbonyl (C=O) groups is 2. The fraction of sp³-hybridized carbons (Fsp3) is 0.297. The molecule has 4 aromatic carbocycles. The minimum Gasteiger partial charge on any atom is -0.492 e. The summed E-state index contributed by atoms with van der Waals surface area (Å²) >= 11 is 6.55. The first-order chi connectivity index (χ1) is 22.0. The Labute approximate surface area is 274 Å². The molecule has 240 valence electrons. The number of hydrogen-bond donors (Lipinski definition) is 1. The van der Waals surface area contributed by atoms with Crippen LogP contribution in [0.25, 0.3) is 0 Å². The molecular weight excluding hydrogens is 607 g/mol. The van der Waals surface area contributed by atoms with Gasteiger partial charge in [0.15, 0.2) is 11.5 Å². The third-order valence-corrected chi connectivity index (χ3v) is 7.81. The van der Waals surface area contributed by atoms with Crippen molar-refractivity contribution in [3.8, 4) is 11.5 Å². The molecule has 0 bridgehead atoms. The van der Waals surface area contributed by atoms with Crippen LogP contribution in [-0.2, 0) is 27.5 Å². The predicted molar refractivity (Wildman–Crippen MR) is 177 cm³/mol. The maximum atomic E-state index is 14.3. The van der Waals surface area contributed by atoms with E-state index >= 15 is 0 Å². The van der Waals surface area contributed by atoms with Crippen molar-refractivity contribution in [2.45, 2.75) is 52.6 Å². The van der Waals surface area contributed by atoms with Gasteiger partial charge in [0, 0.05) is 40.5 Å². The summed E-state index contributed by atoms with van der Waals surface area (Å²) in [6.45, 7) is 6.76. The van der Waals surface area contributed by atoms with Gasteiger partial charge in [-0.3, -0.25) is 9.59 Å². The molecule has 2 unspecified atom stereocenters. The normalized spacial score (nSPS) is 16.4. The molecule has 0 spiro atoms. The van der Waals surface area contributed by atoms with Gasteiger partial charge < -0.3 is 24.4 Å². The van der Waals surface area contributed by atoms with Crippen LogP contribution in [0, 0.1) is 11.2 Å². The monoisotopic (exact) mass is 644 g/mol. The molecule has 2 atom stereocenters. The number of benzene rings is 4. The lowest BCUT2D eigenvalue weighted by Crippen LogP contribution is -2.45. The van der Waals surface area contributed by atoms with Gasteiger partial charge in [-0.1, -0.05) is 93.0 Å². The number of ether oxygens (including phenoxy) is 3. The molecule has 0 aromatic heterocycles. The highest BCUT2D eigenvalue weighted by Gasteiger charge is 2.40. The fourth-order valence-corrected chi connectivity index (χ4v) is 5.65. The Kier molecular flexibility index (Phi) is 10.3. The second kappa shape index (κ2) is 14.4. The summed E-state index contributed by atoms with van der Waals surface area (Å²) in [4.78, 5) is 29.2. The Balaban J connectivity index is 1.53. The SMILES string of the molecule is COc1c(OCc2ccccc2)cccc1C1OC(CC(=O)NCc2ccccc2F)C(=O)N(CC(C)(C)C)c2ccc(Cl)cc21. The standard InChI is InChI=1S/C37H38ClFN2O5/c1-37(2,3)23-41-30-18-17-26(38)19-28(30)34(27-14-10-16-31(35(27)44-4)45-22-24-11-6-5-7-12-24)46-32(36(41)43)20-33(42)40-21-25-13-8-9-15-29(25)39/h5-19,32,34H,20-23H2,1-4H3,(H,40,42).